The standard InChI is InChI=1S/C21H24N4O3/c1-14(19-11-16-7-3-4-9-18(16)28-19)25-21(23-2)24-12-15-6-5-8-17(10-15)27-13-20(22)26/h3-11,14H,12-13H2,1-2H3,(H2,22,26)(H2,23,24,25). The number of nitrogens with two attached hydrogens (primary N) is 1. The van der Waals surface area contributed by atoms with Crippen LogP contribution < -0.4 is 21.1 Å². The highest BCUT2D eigenvalue weighted by Crippen LogP contribution is 2.23. The molecular formula is C21H24N4O3. The summed E-state index contributed by atoms with van der Waals surface area (Å²) >= 11 is 0. The van der Waals surface area contributed by atoms with Crippen LogP contribution in [0.25, 0.3) is 11.0 Å². The van der Waals surface area contributed by atoms with Gasteiger partial charge in [0.25, 0.3) is 5.91 Å². The summed E-state index contributed by atoms with van der Waals surface area (Å²) in [6.07, 6.45) is 0. The lowest BCUT2D eigenvalue weighted by Gasteiger charge is -2.16. The van der Waals surface area contributed by atoms with Gasteiger partial charge in [-0.15, -0.1) is 0 Å². The van der Waals surface area contributed by atoms with E-state index in [0.29, 0.717) is 18.3 Å². The maximum absolute atomic E-state index is 10.8. The van der Waals surface area contributed by atoms with Crippen LogP contribution in [0.5, 0.6) is 5.75 Å². The molecule has 0 aliphatic heterocycles. The Balaban J connectivity index is 1.58. The van der Waals surface area contributed by atoms with Crippen molar-refractivity contribution in [1.82, 2.24) is 10.6 Å². The molecule has 4 N–H and O–H groups in total. The summed E-state index contributed by atoms with van der Waals surface area (Å²) in [5.74, 6) is 1.58. The molecule has 3 aromatic rings. The number of hydrogen-bond donors (Lipinski definition) is 3. The lowest BCUT2D eigenvalue weighted by molar-refractivity contribution is -0.119. The number of fused-ring (bicyclic) bond motifs is 1. The van der Waals surface area contributed by atoms with Crippen molar-refractivity contribution in [3.63, 3.8) is 0 Å². The molecule has 0 fully saturated rings. The number of carbonyl (C=O) groups excluding carboxylic acids is 1. The van der Waals surface area contributed by atoms with Gasteiger partial charge in [0.05, 0.1) is 6.04 Å². The Morgan fingerprint density at radius 2 is 2.04 bits per heavy atom. The summed E-state index contributed by atoms with van der Waals surface area (Å²) in [4.78, 5) is 15.1. The highest BCUT2D eigenvalue weighted by molar-refractivity contribution is 5.81. The molecule has 146 valence electrons. The van der Waals surface area contributed by atoms with Crippen LogP contribution in [0.1, 0.15) is 24.3 Å². The van der Waals surface area contributed by atoms with E-state index in [0.717, 1.165) is 22.3 Å². The van der Waals surface area contributed by atoms with Crippen LogP contribution in [0, 0.1) is 0 Å². The first-order valence-corrected chi connectivity index (χ1v) is 9.01. The first-order valence-electron chi connectivity index (χ1n) is 9.01. The minimum Gasteiger partial charge on any atom is -0.484 e. The fourth-order valence-corrected chi connectivity index (χ4v) is 2.77. The molecule has 0 saturated carbocycles. The number of aliphatic imine (C=N–C) groups is 1. The van der Waals surface area contributed by atoms with Crippen molar-refractivity contribution in [2.75, 3.05) is 13.7 Å². The lowest BCUT2D eigenvalue weighted by atomic mass is 10.2. The van der Waals surface area contributed by atoms with Crippen molar-refractivity contribution in [1.29, 1.82) is 0 Å². The zero-order valence-electron chi connectivity index (χ0n) is 15.9. The van der Waals surface area contributed by atoms with Crippen LogP contribution in [-0.4, -0.2) is 25.5 Å². The molecule has 0 spiro atoms. The fourth-order valence-electron chi connectivity index (χ4n) is 2.77. The van der Waals surface area contributed by atoms with Gasteiger partial charge in [-0.1, -0.05) is 30.3 Å². The van der Waals surface area contributed by atoms with E-state index in [1.165, 1.54) is 0 Å². The van der Waals surface area contributed by atoms with Gasteiger partial charge in [0.1, 0.15) is 17.1 Å². The van der Waals surface area contributed by atoms with Gasteiger partial charge in [0, 0.05) is 19.0 Å². The van der Waals surface area contributed by atoms with Crippen LogP contribution in [-0.2, 0) is 11.3 Å². The second-order valence-electron chi connectivity index (χ2n) is 6.38. The molecule has 1 aromatic heterocycles. The number of furan rings is 1. The molecule has 0 radical (unpaired) electrons. The van der Waals surface area contributed by atoms with Gasteiger partial charge < -0.3 is 25.5 Å². The van der Waals surface area contributed by atoms with E-state index in [-0.39, 0.29) is 12.6 Å². The van der Waals surface area contributed by atoms with E-state index < -0.39 is 5.91 Å². The molecule has 7 heteroatoms. The summed E-state index contributed by atoms with van der Waals surface area (Å²) in [6, 6.07) is 17.3. The molecule has 7 nitrogen and oxygen atoms in total. The zero-order valence-corrected chi connectivity index (χ0v) is 15.9. The molecule has 0 bridgehead atoms. The topological polar surface area (TPSA) is 102 Å². The number of benzene rings is 2. The number of guanidine groups is 1. The number of amides is 1. The summed E-state index contributed by atoms with van der Waals surface area (Å²) in [7, 11) is 1.72. The van der Waals surface area contributed by atoms with Crippen LogP contribution in [0.4, 0.5) is 0 Å². The molecule has 2 aromatic carbocycles. The second kappa shape index (κ2) is 8.94. The third kappa shape index (κ3) is 5.03. The summed E-state index contributed by atoms with van der Waals surface area (Å²) < 4.78 is 11.2. The number of nitrogens with zero attached hydrogens (tertiary/aromatic N) is 1. The third-order valence-electron chi connectivity index (χ3n) is 4.19. The summed E-state index contributed by atoms with van der Waals surface area (Å²) in [5, 5.41) is 7.65. The number of para-hydroxylation sites is 1. The molecule has 28 heavy (non-hydrogen) atoms. The van der Waals surface area contributed by atoms with Crippen molar-refractivity contribution in [3.8, 4) is 5.75 Å². The SMILES string of the molecule is CN=C(NCc1cccc(OCC(N)=O)c1)NC(C)c1cc2ccccc2o1. The van der Waals surface area contributed by atoms with E-state index in [9.17, 15) is 4.79 Å². The van der Waals surface area contributed by atoms with Gasteiger partial charge in [-0.05, 0) is 36.8 Å². The number of ether oxygens (including phenoxy) is 1. The van der Waals surface area contributed by atoms with Gasteiger partial charge >= 0.3 is 0 Å². The molecule has 0 saturated heterocycles. The number of nitrogens with one attached hydrogen (secondary N) is 2. The molecule has 0 aliphatic carbocycles. The quantitative estimate of drug-likeness (QED) is 0.432. The van der Waals surface area contributed by atoms with Crippen molar-refractivity contribution in [2.45, 2.75) is 19.5 Å². The molecule has 1 atom stereocenters. The van der Waals surface area contributed by atoms with Gasteiger partial charge in [-0.25, -0.2) is 0 Å². The van der Waals surface area contributed by atoms with Crippen LogP contribution >= 0.6 is 0 Å². The minimum absolute atomic E-state index is 0.0520. The first-order chi connectivity index (χ1) is 13.5. The van der Waals surface area contributed by atoms with E-state index in [1.807, 2.05) is 55.5 Å². The first kappa shape index (κ1) is 19.3. The van der Waals surface area contributed by atoms with Crippen LogP contribution in [0.3, 0.4) is 0 Å². The van der Waals surface area contributed by atoms with Gasteiger partial charge in [0.15, 0.2) is 12.6 Å². The van der Waals surface area contributed by atoms with E-state index in [4.69, 9.17) is 14.9 Å². The highest BCUT2D eigenvalue weighted by atomic mass is 16.5. The Morgan fingerprint density at radius 1 is 1.21 bits per heavy atom. The average molecular weight is 380 g/mol. The maximum Gasteiger partial charge on any atom is 0.255 e. The van der Waals surface area contributed by atoms with Crippen LogP contribution in [0.15, 0.2) is 64.0 Å². The fraction of sp³-hybridized carbons (Fsp3) is 0.238. The molecule has 1 heterocycles. The number of primary amides is 1. The van der Waals surface area contributed by atoms with Gasteiger partial charge in [-0.3, -0.25) is 9.79 Å². The normalized spacial score (nSPS) is 12.6. The third-order valence-corrected chi connectivity index (χ3v) is 4.19. The van der Waals surface area contributed by atoms with Crippen molar-refractivity contribution in [2.24, 2.45) is 10.7 Å². The second-order valence-corrected chi connectivity index (χ2v) is 6.38. The van der Waals surface area contributed by atoms with Crippen LogP contribution in [0.2, 0.25) is 0 Å². The predicted molar refractivity (Wildman–Crippen MR) is 109 cm³/mol. The predicted octanol–water partition coefficient (Wildman–Crippen LogP) is 2.72. The lowest BCUT2D eigenvalue weighted by Crippen LogP contribution is -2.38. The largest absolute Gasteiger partial charge is 0.484 e. The van der Waals surface area contributed by atoms with E-state index >= 15 is 0 Å². The minimum atomic E-state index is -0.507. The average Bonchev–Trinajstić information content (AvgIpc) is 3.14. The highest BCUT2D eigenvalue weighted by Gasteiger charge is 2.13. The Morgan fingerprint density at radius 3 is 2.79 bits per heavy atom. The smallest absolute Gasteiger partial charge is 0.255 e. The summed E-state index contributed by atoms with van der Waals surface area (Å²) in [6.45, 7) is 2.41. The maximum atomic E-state index is 10.8. The van der Waals surface area contributed by atoms with E-state index in [2.05, 4.69) is 15.6 Å². The molecular weight excluding hydrogens is 356 g/mol. The summed E-state index contributed by atoms with van der Waals surface area (Å²) in [5.41, 5.74) is 6.96. The Kier molecular flexibility index (Phi) is 6.16. The van der Waals surface area contributed by atoms with E-state index in [1.54, 1.807) is 13.1 Å². The van der Waals surface area contributed by atoms with Crippen molar-refractivity contribution >= 4 is 22.8 Å². The molecule has 0 aliphatic rings. The zero-order chi connectivity index (χ0) is 19.9. The van der Waals surface area contributed by atoms with Crippen molar-refractivity contribution in [3.05, 3.63) is 65.9 Å². The number of rotatable bonds is 7. The molecule has 1 amide bonds. The van der Waals surface area contributed by atoms with Gasteiger partial charge in [0.2, 0.25) is 0 Å². The molecule has 3 rings (SSSR count). The molecule has 1 unspecified atom stereocenters. The Labute approximate surface area is 163 Å². The number of carbonyl (C=O) groups is 1. The monoisotopic (exact) mass is 380 g/mol. The Bertz CT molecular complexity index is 947. The number of hydrogen-bond acceptors (Lipinski definition) is 4. The van der Waals surface area contributed by atoms with Gasteiger partial charge in [-0.2, -0.15) is 0 Å². The Hall–Kier alpha value is -3.48. The van der Waals surface area contributed by atoms with Crippen molar-refractivity contribution < 1.29 is 13.9 Å².